The number of pyridine rings is 1. The Hall–Kier alpha value is -1.20. The molecule has 1 aliphatic rings. The Kier molecular flexibility index (Phi) is 3.36. The maximum absolute atomic E-state index is 13.0. The number of rotatable bonds is 2. The van der Waals surface area contributed by atoms with E-state index in [0.29, 0.717) is 31.1 Å². The van der Waals surface area contributed by atoms with Gasteiger partial charge in [0.1, 0.15) is 11.6 Å². The summed E-state index contributed by atoms with van der Waals surface area (Å²) in [6.45, 7) is 3.79. The van der Waals surface area contributed by atoms with Gasteiger partial charge in [-0.3, -0.25) is 0 Å². The molecule has 0 spiro atoms. The summed E-state index contributed by atoms with van der Waals surface area (Å²) in [7, 11) is 0. The Balaban J connectivity index is 2.30. The monoisotopic (exact) mass is 226 g/mol. The van der Waals surface area contributed by atoms with Gasteiger partial charge in [0.15, 0.2) is 0 Å². The lowest BCUT2D eigenvalue weighted by Gasteiger charge is -2.35. The number of hydrogen-bond donors (Lipinski definition) is 1. The van der Waals surface area contributed by atoms with E-state index in [-0.39, 0.29) is 12.6 Å². The van der Waals surface area contributed by atoms with Crippen molar-refractivity contribution in [2.75, 3.05) is 24.7 Å². The standard InChI is InChI=1S/C11H15FN2O2/c1-8-7-16-3-2-14(8)11-9(6-15)4-10(12)5-13-11/h4-5,8,15H,2-3,6-7H2,1H3. The zero-order chi connectivity index (χ0) is 11.5. The molecule has 88 valence electrons. The zero-order valence-electron chi connectivity index (χ0n) is 9.19. The lowest BCUT2D eigenvalue weighted by atomic mass is 10.2. The number of ether oxygens (including phenoxy) is 1. The largest absolute Gasteiger partial charge is 0.392 e. The van der Waals surface area contributed by atoms with Gasteiger partial charge in [-0.05, 0) is 13.0 Å². The normalized spacial score (nSPS) is 21.2. The van der Waals surface area contributed by atoms with E-state index in [1.54, 1.807) is 0 Å². The zero-order valence-corrected chi connectivity index (χ0v) is 9.19. The molecule has 0 aromatic carbocycles. The third-order valence-electron chi connectivity index (χ3n) is 2.72. The van der Waals surface area contributed by atoms with Gasteiger partial charge >= 0.3 is 0 Å². The summed E-state index contributed by atoms with van der Waals surface area (Å²) in [4.78, 5) is 6.09. The van der Waals surface area contributed by atoms with Gasteiger partial charge in [0, 0.05) is 12.1 Å². The molecule has 1 aromatic heterocycles. The minimum absolute atomic E-state index is 0.192. The van der Waals surface area contributed by atoms with Gasteiger partial charge in [0.25, 0.3) is 0 Å². The van der Waals surface area contributed by atoms with Crippen LogP contribution in [-0.4, -0.2) is 35.9 Å². The van der Waals surface area contributed by atoms with Crippen molar-refractivity contribution in [2.24, 2.45) is 0 Å². The van der Waals surface area contributed by atoms with E-state index in [1.807, 2.05) is 11.8 Å². The average molecular weight is 226 g/mol. The number of nitrogens with zero attached hydrogens (tertiary/aromatic N) is 2. The molecule has 1 atom stereocenters. The molecular weight excluding hydrogens is 211 g/mol. The number of aliphatic hydroxyl groups excluding tert-OH is 1. The molecule has 2 heterocycles. The molecule has 0 saturated carbocycles. The van der Waals surface area contributed by atoms with Crippen LogP contribution in [-0.2, 0) is 11.3 Å². The van der Waals surface area contributed by atoms with Gasteiger partial charge in [0.2, 0.25) is 0 Å². The minimum atomic E-state index is -0.422. The highest BCUT2D eigenvalue weighted by Crippen LogP contribution is 2.22. The molecule has 0 bridgehead atoms. The summed E-state index contributed by atoms with van der Waals surface area (Å²) in [6, 6.07) is 1.52. The fourth-order valence-electron chi connectivity index (χ4n) is 1.89. The summed E-state index contributed by atoms with van der Waals surface area (Å²) in [6.07, 6.45) is 1.18. The fourth-order valence-corrected chi connectivity index (χ4v) is 1.89. The fraction of sp³-hybridized carbons (Fsp3) is 0.545. The summed E-state index contributed by atoms with van der Waals surface area (Å²) in [5.41, 5.74) is 0.522. The molecular formula is C11H15FN2O2. The van der Waals surface area contributed by atoms with Crippen molar-refractivity contribution < 1.29 is 14.2 Å². The van der Waals surface area contributed by atoms with Crippen LogP contribution in [0.5, 0.6) is 0 Å². The first-order chi connectivity index (χ1) is 7.72. The third-order valence-corrected chi connectivity index (χ3v) is 2.72. The molecule has 1 unspecified atom stereocenters. The summed E-state index contributed by atoms with van der Waals surface area (Å²) in [5, 5.41) is 9.20. The number of morpholine rings is 1. The van der Waals surface area contributed by atoms with Gasteiger partial charge in [-0.15, -0.1) is 0 Å². The molecule has 1 aliphatic heterocycles. The molecule has 0 radical (unpaired) electrons. The van der Waals surface area contributed by atoms with Crippen molar-refractivity contribution in [1.29, 1.82) is 0 Å². The van der Waals surface area contributed by atoms with Gasteiger partial charge in [-0.2, -0.15) is 0 Å². The van der Waals surface area contributed by atoms with Gasteiger partial charge in [-0.25, -0.2) is 9.37 Å². The molecule has 0 amide bonds. The van der Waals surface area contributed by atoms with E-state index in [9.17, 15) is 9.50 Å². The van der Waals surface area contributed by atoms with E-state index in [0.717, 1.165) is 0 Å². The molecule has 1 saturated heterocycles. The van der Waals surface area contributed by atoms with Crippen LogP contribution in [0.25, 0.3) is 0 Å². The van der Waals surface area contributed by atoms with Crippen molar-refractivity contribution in [3.8, 4) is 0 Å². The van der Waals surface area contributed by atoms with Crippen molar-refractivity contribution in [3.05, 3.63) is 23.6 Å². The second kappa shape index (κ2) is 4.76. The molecule has 0 aliphatic carbocycles. The highest BCUT2D eigenvalue weighted by atomic mass is 19.1. The number of anilines is 1. The molecule has 1 N–H and O–H groups in total. The Labute approximate surface area is 93.7 Å². The number of hydrogen-bond acceptors (Lipinski definition) is 4. The summed E-state index contributed by atoms with van der Waals surface area (Å²) < 4.78 is 18.3. The smallest absolute Gasteiger partial charge is 0.142 e. The molecule has 1 aromatic rings. The van der Waals surface area contributed by atoms with Crippen LogP contribution < -0.4 is 4.90 Å². The van der Waals surface area contributed by atoms with E-state index < -0.39 is 5.82 Å². The first-order valence-electron chi connectivity index (χ1n) is 5.32. The van der Waals surface area contributed by atoms with Crippen molar-refractivity contribution >= 4 is 5.82 Å². The van der Waals surface area contributed by atoms with E-state index >= 15 is 0 Å². The lowest BCUT2D eigenvalue weighted by molar-refractivity contribution is 0.0982. The highest BCUT2D eigenvalue weighted by molar-refractivity contribution is 5.47. The summed E-state index contributed by atoms with van der Waals surface area (Å²) >= 11 is 0. The Morgan fingerprint density at radius 3 is 3.19 bits per heavy atom. The first-order valence-corrected chi connectivity index (χ1v) is 5.32. The molecule has 16 heavy (non-hydrogen) atoms. The minimum Gasteiger partial charge on any atom is -0.392 e. The van der Waals surface area contributed by atoms with Crippen molar-refractivity contribution in [2.45, 2.75) is 19.6 Å². The van der Waals surface area contributed by atoms with Crippen molar-refractivity contribution in [1.82, 2.24) is 4.98 Å². The third kappa shape index (κ3) is 2.15. The van der Waals surface area contributed by atoms with Crippen LogP contribution in [0.1, 0.15) is 12.5 Å². The van der Waals surface area contributed by atoms with E-state index in [4.69, 9.17) is 4.74 Å². The quantitative estimate of drug-likeness (QED) is 0.815. The highest BCUT2D eigenvalue weighted by Gasteiger charge is 2.22. The maximum atomic E-state index is 13.0. The summed E-state index contributed by atoms with van der Waals surface area (Å²) in [5.74, 6) is 0.230. The predicted molar refractivity (Wildman–Crippen MR) is 57.7 cm³/mol. The molecule has 4 nitrogen and oxygen atoms in total. The second-order valence-corrected chi connectivity index (χ2v) is 3.91. The average Bonchev–Trinajstić information content (AvgIpc) is 2.30. The molecule has 1 fully saturated rings. The van der Waals surface area contributed by atoms with Gasteiger partial charge in [0.05, 0.1) is 32.1 Å². The topological polar surface area (TPSA) is 45.6 Å². The number of aromatic nitrogens is 1. The van der Waals surface area contributed by atoms with Crippen LogP contribution in [0.2, 0.25) is 0 Å². The molecule has 2 rings (SSSR count). The van der Waals surface area contributed by atoms with Crippen molar-refractivity contribution in [3.63, 3.8) is 0 Å². The van der Waals surface area contributed by atoms with Gasteiger partial charge < -0.3 is 14.7 Å². The predicted octanol–water partition coefficient (Wildman–Crippen LogP) is 0.938. The van der Waals surface area contributed by atoms with Gasteiger partial charge in [-0.1, -0.05) is 0 Å². The van der Waals surface area contributed by atoms with E-state index in [1.165, 1.54) is 12.3 Å². The number of halogens is 1. The SMILES string of the molecule is CC1COCCN1c1ncc(F)cc1CO. The van der Waals surface area contributed by atoms with Crippen LogP contribution in [0.15, 0.2) is 12.3 Å². The Bertz CT molecular complexity index is 373. The number of aliphatic hydroxyl groups is 1. The Morgan fingerprint density at radius 1 is 1.69 bits per heavy atom. The van der Waals surface area contributed by atoms with Crippen LogP contribution in [0.4, 0.5) is 10.2 Å². The van der Waals surface area contributed by atoms with E-state index in [2.05, 4.69) is 4.98 Å². The Morgan fingerprint density at radius 2 is 2.50 bits per heavy atom. The van der Waals surface area contributed by atoms with Crippen LogP contribution in [0, 0.1) is 5.82 Å². The van der Waals surface area contributed by atoms with Crippen LogP contribution in [0.3, 0.4) is 0 Å². The first kappa shape index (κ1) is 11.3. The second-order valence-electron chi connectivity index (χ2n) is 3.91. The van der Waals surface area contributed by atoms with Crippen LogP contribution >= 0.6 is 0 Å². The lowest BCUT2D eigenvalue weighted by Crippen LogP contribution is -2.44. The maximum Gasteiger partial charge on any atom is 0.142 e. The molecule has 5 heteroatoms.